The van der Waals surface area contributed by atoms with Gasteiger partial charge in [0, 0.05) is 12.2 Å². The number of anilines is 1. The molecule has 4 nitrogen and oxygen atoms in total. The third kappa shape index (κ3) is 3.38. The van der Waals surface area contributed by atoms with Crippen molar-refractivity contribution in [2.75, 3.05) is 5.32 Å². The lowest BCUT2D eigenvalue weighted by molar-refractivity contribution is 0.327. The maximum Gasteiger partial charge on any atom is 0.223 e. The zero-order chi connectivity index (χ0) is 13.0. The molecule has 3 N–H and O–H groups in total. The number of nitrogens with two attached hydrogens (primary N) is 1. The highest BCUT2D eigenvalue weighted by molar-refractivity contribution is 7.80. The minimum Gasteiger partial charge on any atom is -0.388 e. The number of nitrogens with one attached hydrogen (secondary N) is 1. The van der Waals surface area contributed by atoms with Crippen LogP contribution in [-0.2, 0) is 0 Å². The lowest BCUT2D eigenvalue weighted by Gasteiger charge is -2.28. The average molecular weight is 264 g/mol. The molecule has 1 atom stereocenters. The summed E-state index contributed by atoms with van der Waals surface area (Å²) < 4.78 is 0. The van der Waals surface area contributed by atoms with E-state index in [0.29, 0.717) is 22.7 Å². The van der Waals surface area contributed by atoms with Crippen molar-refractivity contribution in [3.63, 3.8) is 0 Å². The van der Waals surface area contributed by atoms with E-state index in [-0.39, 0.29) is 0 Å². The van der Waals surface area contributed by atoms with Gasteiger partial charge in [-0.1, -0.05) is 31.5 Å². The summed E-state index contributed by atoms with van der Waals surface area (Å²) >= 11 is 4.92. The Bertz CT molecular complexity index is 415. The molecule has 2 rings (SSSR count). The predicted octanol–water partition coefficient (Wildman–Crippen LogP) is 2.49. The zero-order valence-electron chi connectivity index (χ0n) is 10.7. The van der Waals surface area contributed by atoms with Crippen molar-refractivity contribution in [1.29, 1.82) is 0 Å². The summed E-state index contributed by atoms with van der Waals surface area (Å²) in [6.45, 7) is 2.20. The van der Waals surface area contributed by atoms with Crippen LogP contribution in [0.5, 0.6) is 0 Å². The van der Waals surface area contributed by atoms with Gasteiger partial charge in [-0.3, -0.25) is 0 Å². The van der Waals surface area contributed by atoms with Gasteiger partial charge in [0.1, 0.15) is 10.7 Å². The maximum atomic E-state index is 5.57. The first kappa shape index (κ1) is 13.2. The SMILES string of the molecule is CC(Nc1nccc(C(N)=S)n1)C1CCCCC1. The van der Waals surface area contributed by atoms with Crippen LogP contribution in [0.3, 0.4) is 0 Å². The summed E-state index contributed by atoms with van der Waals surface area (Å²) in [4.78, 5) is 8.85. The van der Waals surface area contributed by atoms with Gasteiger partial charge in [-0.05, 0) is 31.7 Å². The molecule has 1 aliphatic rings. The Morgan fingerprint density at radius 1 is 1.44 bits per heavy atom. The van der Waals surface area contributed by atoms with Crippen LogP contribution in [0.25, 0.3) is 0 Å². The first-order chi connectivity index (χ1) is 8.66. The number of rotatable bonds is 4. The van der Waals surface area contributed by atoms with E-state index in [4.69, 9.17) is 18.0 Å². The first-order valence-corrected chi connectivity index (χ1v) is 6.97. The molecule has 0 spiro atoms. The van der Waals surface area contributed by atoms with Crippen molar-refractivity contribution in [3.05, 3.63) is 18.0 Å². The first-order valence-electron chi connectivity index (χ1n) is 6.56. The molecule has 0 aliphatic heterocycles. The van der Waals surface area contributed by atoms with Gasteiger partial charge in [0.25, 0.3) is 0 Å². The summed E-state index contributed by atoms with van der Waals surface area (Å²) in [6, 6.07) is 2.13. The Morgan fingerprint density at radius 3 is 2.83 bits per heavy atom. The highest BCUT2D eigenvalue weighted by atomic mass is 32.1. The minimum atomic E-state index is 0.311. The van der Waals surface area contributed by atoms with E-state index in [2.05, 4.69) is 22.2 Å². The van der Waals surface area contributed by atoms with Crippen molar-refractivity contribution in [2.24, 2.45) is 11.7 Å². The van der Waals surface area contributed by atoms with Crippen LogP contribution in [0, 0.1) is 5.92 Å². The molecule has 0 bridgehead atoms. The van der Waals surface area contributed by atoms with Gasteiger partial charge in [-0.25, -0.2) is 9.97 Å². The van der Waals surface area contributed by atoms with E-state index < -0.39 is 0 Å². The Balaban J connectivity index is 1.99. The van der Waals surface area contributed by atoms with Crippen LogP contribution in [0.2, 0.25) is 0 Å². The molecular weight excluding hydrogens is 244 g/mol. The van der Waals surface area contributed by atoms with E-state index in [1.165, 1.54) is 32.1 Å². The number of hydrogen-bond donors (Lipinski definition) is 2. The summed E-state index contributed by atoms with van der Waals surface area (Å²) in [5.74, 6) is 1.34. The smallest absolute Gasteiger partial charge is 0.223 e. The van der Waals surface area contributed by atoms with Gasteiger partial charge in [-0.15, -0.1) is 0 Å². The van der Waals surface area contributed by atoms with Gasteiger partial charge < -0.3 is 11.1 Å². The Hall–Kier alpha value is -1.23. The van der Waals surface area contributed by atoms with E-state index in [1.54, 1.807) is 12.3 Å². The molecule has 98 valence electrons. The van der Waals surface area contributed by atoms with Gasteiger partial charge in [0.05, 0.1) is 0 Å². The summed E-state index contributed by atoms with van der Waals surface area (Å²) in [5.41, 5.74) is 6.19. The van der Waals surface area contributed by atoms with E-state index in [9.17, 15) is 0 Å². The Morgan fingerprint density at radius 2 is 2.17 bits per heavy atom. The molecule has 0 saturated heterocycles. The van der Waals surface area contributed by atoms with Crippen LogP contribution in [0.4, 0.5) is 5.95 Å². The lowest BCUT2D eigenvalue weighted by Crippen LogP contribution is -2.28. The van der Waals surface area contributed by atoms with Gasteiger partial charge in [0.15, 0.2) is 0 Å². The van der Waals surface area contributed by atoms with Crippen molar-refractivity contribution in [1.82, 2.24) is 9.97 Å². The Kier molecular flexibility index (Phi) is 4.47. The zero-order valence-corrected chi connectivity index (χ0v) is 11.5. The number of thiocarbonyl (C=S) groups is 1. The third-order valence-electron chi connectivity index (χ3n) is 3.62. The standard InChI is InChI=1S/C13H20N4S/c1-9(10-5-3-2-4-6-10)16-13-15-8-7-11(17-13)12(14)18/h7-10H,2-6H2,1H3,(H2,14,18)(H,15,16,17). The fourth-order valence-corrected chi connectivity index (χ4v) is 2.63. The monoisotopic (exact) mass is 264 g/mol. The molecule has 0 amide bonds. The van der Waals surface area contributed by atoms with E-state index in [1.807, 2.05) is 0 Å². The quantitative estimate of drug-likeness (QED) is 0.818. The Labute approximate surface area is 113 Å². The van der Waals surface area contributed by atoms with Gasteiger partial charge in [0.2, 0.25) is 5.95 Å². The summed E-state index contributed by atoms with van der Waals surface area (Å²) in [6.07, 6.45) is 8.33. The van der Waals surface area contributed by atoms with Crippen molar-refractivity contribution < 1.29 is 0 Å². The molecule has 1 fully saturated rings. The molecule has 1 saturated carbocycles. The summed E-state index contributed by atoms with van der Waals surface area (Å²) in [7, 11) is 0. The number of hydrogen-bond acceptors (Lipinski definition) is 4. The largest absolute Gasteiger partial charge is 0.388 e. The van der Waals surface area contributed by atoms with Crippen LogP contribution in [0.15, 0.2) is 12.3 Å². The number of nitrogens with zero attached hydrogens (tertiary/aromatic N) is 2. The molecule has 1 aromatic heterocycles. The van der Waals surface area contributed by atoms with Gasteiger partial charge >= 0.3 is 0 Å². The van der Waals surface area contributed by atoms with Crippen molar-refractivity contribution >= 4 is 23.2 Å². The van der Waals surface area contributed by atoms with Crippen LogP contribution in [0.1, 0.15) is 44.7 Å². The normalized spacial score (nSPS) is 18.3. The van der Waals surface area contributed by atoms with Crippen LogP contribution >= 0.6 is 12.2 Å². The molecule has 0 aromatic carbocycles. The lowest BCUT2D eigenvalue weighted by atomic mass is 9.85. The van der Waals surface area contributed by atoms with E-state index in [0.717, 1.165) is 5.92 Å². The van der Waals surface area contributed by atoms with Crippen LogP contribution < -0.4 is 11.1 Å². The second-order valence-corrected chi connectivity index (χ2v) is 5.40. The molecule has 0 radical (unpaired) electrons. The number of aromatic nitrogens is 2. The highest BCUT2D eigenvalue weighted by Gasteiger charge is 2.20. The third-order valence-corrected chi connectivity index (χ3v) is 3.83. The van der Waals surface area contributed by atoms with Crippen molar-refractivity contribution in [2.45, 2.75) is 45.1 Å². The predicted molar refractivity (Wildman–Crippen MR) is 77.6 cm³/mol. The van der Waals surface area contributed by atoms with E-state index >= 15 is 0 Å². The molecule has 1 heterocycles. The molecular formula is C13H20N4S. The topological polar surface area (TPSA) is 63.8 Å². The molecule has 1 aromatic rings. The maximum absolute atomic E-state index is 5.57. The summed E-state index contributed by atoms with van der Waals surface area (Å²) in [5, 5.41) is 3.37. The fraction of sp³-hybridized carbons (Fsp3) is 0.615. The molecule has 18 heavy (non-hydrogen) atoms. The highest BCUT2D eigenvalue weighted by Crippen LogP contribution is 2.27. The average Bonchev–Trinajstić information content (AvgIpc) is 2.40. The molecule has 1 aliphatic carbocycles. The molecule has 1 unspecified atom stereocenters. The van der Waals surface area contributed by atoms with Crippen molar-refractivity contribution in [3.8, 4) is 0 Å². The van der Waals surface area contributed by atoms with Gasteiger partial charge in [-0.2, -0.15) is 0 Å². The molecule has 5 heteroatoms. The van der Waals surface area contributed by atoms with Crippen LogP contribution in [-0.4, -0.2) is 21.0 Å². The minimum absolute atomic E-state index is 0.311. The fourth-order valence-electron chi connectivity index (χ4n) is 2.52. The second-order valence-electron chi connectivity index (χ2n) is 4.96. The second kappa shape index (κ2) is 6.09.